The molecule has 0 saturated heterocycles. The lowest BCUT2D eigenvalue weighted by molar-refractivity contribution is 1.36. The van der Waals surface area contributed by atoms with Crippen molar-refractivity contribution in [3.63, 3.8) is 0 Å². The summed E-state index contributed by atoms with van der Waals surface area (Å²) in [5, 5.41) is 0.750. The van der Waals surface area contributed by atoms with Gasteiger partial charge in [0.15, 0.2) is 0 Å². The smallest absolute Gasteiger partial charge is 0.0929 e. The third-order valence-corrected chi connectivity index (χ3v) is 5.94. The van der Waals surface area contributed by atoms with E-state index in [1.165, 1.54) is 4.90 Å². The summed E-state index contributed by atoms with van der Waals surface area (Å²) in [4.78, 5) is 2.37. The van der Waals surface area contributed by atoms with E-state index in [0.29, 0.717) is 0 Å². The number of hydrogen-bond acceptors (Lipinski definition) is 2. The second-order valence-electron chi connectivity index (χ2n) is 3.75. The average molecular weight is 394 g/mol. The Hall–Kier alpha value is 0.200. The van der Waals surface area contributed by atoms with Crippen molar-refractivity contribution in [3.8, 4) is 0 Å². The molecule has 0 bridgehead atoms. The van der Waals surface area contributed by atoms with Crippen LogP contribution < -0.4 is 0 Å². The first-order valence-corrected chi connectivity index (χ1v) is 9.05. The summed E-state index contributed by atoms with van der Waals surface area (Å²) < 4.78 is 1.13. The molecule has 0 radical (unpaired) electrons. The van der Waals surface area contributed by atoms with Gasteiger partial charge in [-0.1, -0.05) is 27.5 Å². The van der Waals surface area contributed by atoms with Gasteiger partial charge in [0.2, 0.25) is 0 Å². The van der Waals surface area contributed by atoms with Crippen LogP contribution in [0.1, 0.15) is 0 Å². The Balaban J connectivity index is 1.82. The number of hydrogen-bond donors (Lipinski definition) is 0. The van der Waals surface area contributed by atoms with E-state index >= 15 is 0 Å². The predicted octanol–water partition coefficient (Wildman–Crippen LogP) is 6.55. The van der Waals surface area contributed by atoms with Crippen molar-refractivity contribution in [3.05, 3.63) is 58.0 Å². The summed E-state index contributed by atoms with van der Waals surface area (Å²) in [6, 6.07) is 16.0. The highest BCUT2D eigenvalue weighted by Crippen LogP contribution is 2.31. The fraction of sp³-hybridized carbons (Fsp3) is 0.143. The van der Waals surface area contributed by atoms with Gasteiger partial charge in [0.25, 0.3) is 0 Å². The Labute approximate surface area is 140 Å². The molecule has 100 valence electrons. The normalized spacial score (nSPS) is 12.4. The molecule has 19 heavy (non-hydrogen) atoms. The first-order valence-electron chi connectivity index (χ1n) is 5.58. The van der Waals surface area contributed by atoms with Crippen LogP contribution in [-0.4, -0.2) is 10.5 Å². The molecule has 5 heteroatoms. The molecule has 0 nitrogen and oxygen atoms in total. The highest BCUT2D eigenvalue weighted by molar-refractivity contribution is 9.10. The molecule has 0 amide bonds. The van der Waals surface area contributed by atoms with Crippen LogP contribution in [0.3, 0.4) is 0 Å². The van der Waals surface area contributed by atoms with Crippen LogP contribution >= 0.6 is 62.7 Å². The molecule has 0 spiro atoms. The van der Waals surface area contributed by atoms with Gasteiger partial charge in [-0.3, -0.25) is 0 Å². The third-order valence-electron chi connectivity index (χ3n) is 2.27. The topological polar surface area (TPSA) is 0 Å². The van der Waals surface area contributed by atoms with Crippen molar-refractivity contribution in [2.24, 2.45) is 0 Å². The van der Waals surface area contributed by atoms with Crippen LogP contribution in [0.5, 0.6) is 0 Å². The Morgan fingerprint density at radius 2 is 1.53 bits per heavy atom. The van der Waals surface area contributed by atoms with Crippen molar-refractivity contribution in [2.75, 3.05) is 5.75 Å². The Morgan fingerprint density at radius 1 is 0.947 bits per heavy atom. The first kappa shape index (κ1) is 15.6. The van der Waals surface area contributed by atoms with Gasteiger partial charge >= 0.3 is 0 Å². The van der Waals surface area contributed by atoms with Crippen molar-refractivity contribution < 1.29 is 0 Å². The highest BCUT2D eigenvalue weighted by atomic mass is 79.9. The van der Waals surface area contributed by atoms with E-state index in [4.69, 9.17) is 23.2 Å². The van der Waals surface area contributed by atoms with E-state index in [1.54, 1.807) is 23.5 Å². The molecular formula is C14H11BrCl2S2. The van der Waals surface area contributed by atoms with Crippen molar-refractivity contribution >= 4 is 62.7 Å². The van der Waals surface area contributed by atoms with Crippen LogP contribution in [0.15, 0.2) is 62.8 Å². The van der Waals surface area contributed by atoms with Gasteiger partial charge in [-0.25, -0.2) is 0 Å². The Kier molecular flexibility index (Phi) is 6.43. The van der Waals surface area contributed by atoms with E-state index < -0.39 is 0 Å². The van der Waals surface area contributed by atoms with Crippen LogP contribution in [-0.2, 0) is 0 Å². The molecule has 2 rings (SSSR count). The zero-order chi connectivity index (χ0) is 13.7. The van der Waals surface area contributed by atoms with E-state index in [1.807, 2.05) is 36.4 Å². The second-order valence-corrected chi connectivity index (χ2v) is 8.25. The maximum atomic E-state index is 6.34. The van der Waals surface area contributed by atoms with Crippen LogP contribution in [0.2, 0.25) is 5.02 Å². The lowest BCUT2D eigenvalue weighted by Crippen LogP contribution is -1.95. The number of halogens is 3. The predicted molar refractivity (Wildman–Crippen MR) is 91.8 cm³/mol. The van der Waals surface area contributed by atoms with Gasteiger partial charge in [-0.05, 0) is 48.5 Å². The fourth-order valence-electron chi connectivity index (χ4n) is 1.39. The molecule has 0 aromatic heterocycles. The standard InChI is InChI=1S/C14H11BrCl2S2/c15-10-1-5-12(6-2-10)18-9-14(17)19-13-7-3-11(16)4-8-13/h1-8,14H,9H2. The van der Waals surface area contributed by atoms with Gasteiger partial charge < -0.3 is 0 Å². The van der Waals surface area contributed by atoms with E-state index in [-0.39, 0.29) is 4.71 Å². The SMILES string of the molecule is Clc1ccc(SC(Cl)CSc2ccc(Br)cc2)cc1. The molecule has 0 saturated carbocycles. The molecule has 1 atom stereocenters. The quantitative estimate of drug-likeness (QED) is 0.417. The summed E-state index contributed by atoms with van der Waals surface area (Å²) in [7, 11) is 0. The molecule has 0 N–H and O–H groups in total. The van der Waals surface area contributed by atoms with Gasteiger partial charge in [0.1, 0.15) is 0 Å². The minimum Gasteiger partial charge on any atom is -0.124 e. The van der Waals surface area contributed by atoms with E-state index in [0.717, 1.165) is 20.1 Å². The molecule has 0 heterocycles. The number of thioether (sulfide) groups is 2. The molecule has 2 aromatic rings. The minimum absolute atomic E-state index is 0.0369. The van der Waals surface area contributed by atoms with Gasteiger partial charge in [0, 0.05) is 25.0 Å². The lowest BCUT2D eigenvalue weighted by atomic mass is 10.4. The van der Waals surface area contributed by atoms with Crippen LogP contribution in [0.4, 0.5) is 0 Å². The summed E-state index contributed by atoms with van der Waals surface area (Å²) in [6.45, 7) is 0. The number of alkyl halides is 1. The summed E-state index contributed by atoms with van der Waals surface area (Å²) in [6.07, 6.45) is 0. The van der Waals surface area contributed by atoms with Gasteiger partial charge in [-0.15, -0.1) is 35.1 Å². The maximum absolute atomic E-state index is 6.34. The molecule has 2 aromatic carbocycles. The van der Waals surface area contributed by atoms with Crippen LogP contribution in [0, 0.1) is 0 Å². The summed E-state index contributed by atoms with van der Waals surface area (Å²) >= 11 is 19.0. The second kappa shape index (κ2) is 7.84. The number of benzene rings is 2. The molecule has 0 aliphatic heterocycles. The maximum Gasteiger partial charge on any atom is 0.0929 e. The largest absolute Gasteiger partial charge is 0.124 e. The van der Waals surface area contributed by atoms with E-state index in [2.05, 4.69) is 28.1 Å². The molecule has 0 aliphatic rings. The van der Waals surface area contributed by atoms with Crippen molar-refractivity contribution in [1.29, 1.82) is 0 Å². The third kappa shape index (κ3) is 5.60. The summed E-state index contributed by atoms with van der Waals surface area (Å²) in [5.74, 6) is 0.858. The Bertz CT molecular complexity index is 514. The zero-order valence-electron chi connectivity index (χ0n) is 9.85. The lowest BCUT2D eigenvalue weighted by Gasteiger charge is -2.09. The van der Waals surface area contributed by atoms with Gasteiger partial charge in [-0.2, -0.15) is 0 Å². The van der Waals surface area contributed by atoms with E-state index in [9.17, 15) is 0 Å². The fourth-order valence-corrected chi connectivity index (χ4v) is 3.99. The average Bonchev–Trinajstić information content (AvgIpc) is 2.41. The number of rotatable bonds is 5. The monoisotopic (exact) mass is 392 g/mol. The highest BCUT2D eigenvalue weighted by Gasteiger charge is 2.07. The summed E-state index contributed by atoms with van der Waals surface area (Å²) in [5.41, 5.74) is 0. The Morgan fingerprint density at radius 3 is 2.16 bits per heavy atom. The first-order chi connectivity index (χ1) is 9.13. The molecule has 0 fully saturated rings. The molecule has 0 aliphatic carbocycles. The molecule has 1 unspecified atom stereocenters. The van der Waals surface area contributed by atoms with Crippen molar-refractivity contribution in [1.82, 2.24) is 0 Å². The van der Waals surface area contributed by atoms with Crippen molar-refractivity contribution in [2.45, 2.75) is 14.5 Å². The molecular weight excluding hydrogens is 383 g/mol. The van der Waals surface area contributed by atoms with Crippen LogP contribution in [0.25, 0.3) is 0 Å². The zero-order valence-corrected chi connectivity index (χ0v) is 14.6. The van der Waals surface area contributed by atoms with Gasteiger partial charge in [0.05, 0.1) is 4.71 Å². The minimum atomic E-state index is 0.0369.